The number of hydrogen-bond acceptors (Lipinski definition) is 4. The highest BCUT2D eigenvalue weighted by atomic mass is 16.2. The molecule has 126 valence electrons. The molecule has 25 heavy (non-hydrogen) atoms. The Morgan fingerprint density at radius 2 is 1.92 bits per heavy atom. The first kappa shape index (κ1) is 16.6. The van der Waals surface area contributed by atoms with Gasteiger partial charge in [-0.3, -0.25) is 14.6 Å². The SMILES string of the molecule is Cc1nc(C(=O)N[C@H](C)c2ccc(-c3cccnc3)cc2)cc(=O)[nH]1. The van der Waals surface area contributed by atoms with Crippen molar-refractivity contribution in [1.82, 2.24) is 20.3 Å². The molecule has 3 aromatic rings. The predicted octanol–water partition coefficient (Wildman–Crippen LogP) is 2.63. The maximum atomic E-state index is 12.3. The van der Waals surface area contributed by atoms with Crippen LogP contribution < -0.4 is 10.9 Å². The summed E-state index contributed by atoms with van der Waals surface area (Å²) in [4.78, 5) is 34.4. The number of carbonyl (C=O) groups excluding carboxylic acids is 1. The fraction of sp³-hybridized carbons (Fsp3) is 0.158. The van der Waals surface area contributed by atoms with Gasteiger partial charge in [-0.25, -0.2) is 4.98 Å². The third kappa shape index (κ3) is 3.98. The number of aromatic nitrogens is 3. The van der Waals surface area contributed by atoms with Crippen LogP contribution in [-0.2, 0) is 0 Å². The van der Waals surface area contributed by atoms with Gasteiger partial charge < -0.3 is 10.3 Å². The van der Waals surface area contributed by atoms with Crippen molar-refractivity contribution in [2.75, 3.05) is 0 Å². The minimum absolute atomic E-state index is 0.111. The monoisotopic (exact) mass is 334 g/mol. The first-order chi connectivity index (χ1) is 12.0. The van der Waals surface area contributed by atoms with Crippen LogP contribution in [0.15, 0.2) is 59.7 Å². The molecule has 2 heterocycles. The lowest BCUT2D eigenvalue weighted by molar-refractivity contribution is 0.0934. The summed E-state index contributed by atoms with van der Waals surface area (Å²) in [5.41, 5.74) is 2.82. The van der Waals surface area contributed by atoms with Crippen LogP contribution in [0.1, 0.15) is 34.8 Å². The molecule has 1 atom stereocenters. The van der Waals surface area contributed by atoms with Crippen molar-refractivity contribution in [2.24, 2.45) is 0 Å². The Bertz CT molecular complexity index is 934. The van der Waals surface area contributed by atoms with E-state index in [1.165, 1.54) is 6.07 Å². The zero-order chi connectivity index (χ0) is 17.8. The van der Waals surface area contributed by atoms with Crippen LogP contribution in [-0.4, -0.2) is 20.9 Å². The summed E-state index contributed by atoms with van der Waals surface area (Å²) in [6.07, 6.45) is 3.54. The largest absolute Gasteiger partial charge is 0.344 e. The van der Waals surface area contributed by atoms with Crippen molar-refractivity contribution in [3.63, 3.8) is 0 Å². The lowest BCUT2D eigenvalue weighted by Gasteiger charge is -2.14. The zero-order valence-corrected chi connectivity index (χ0v) is 14.0. The van der Waals surface area contributed by atoms with E-state index < -0.39 is 0 Å². The highest BCUT2D eigenvalue weighted by Crippen LogP contribution is 2.21. The number of pyridine rings is 1. The molecular formula is C19H18N4O2. The molecule has 6 heteroatoms. The molecule has 0 fully saturated rings. The van der Waals surface area contributed by atoms with Crippen molar-refractivity contribution < 1.29 is 4.79 Å². The number of nitrogens with zero attached hydrogens (tertiary/aromatic N) is 2. The molecule has 0 saturated heterocycles. The van der Waals surface area contributed by atoms with E-state index in [9.17, 15) is 9.59 Å². The van der Waals surface area contributed by atoms with Crippen LogP contribution in [0.5, 0.6) is 0 Å². The Kier molecular flexibility index (Phi) is 4.70. The molecule has 2 aromatic heterocycles. The summed E-state index contributed by atoms with van der Waals surface area (Å²) < 4.78 is 0. The average Bonchev–Trinajstić information content (AvgIpc) is 2.61. The summed E-state index contributed by atoms with van der Waals surface area (Å²) in [6.45, 7) is 3.52. The van der Waals surface area contributed by atoms with E-state index in [2.05, 4.69) is 20.3 Å². The lowest BCUT2D eigenvalue weighted by atomic mass is 10.0. The van der Waals surface area contributed by atoms with E-state index in [-0.39, 0.29) is 23.2 Å². The second kappa shape index (κ2) is 7.09. The van der Waals surface area contributed by atoms with E-state index in [1.807, 2.05) is 43.3 Å². The van der Waals surface area contributed by atoms with Crippen LogP contribution in [0.3, 0.4) is 0 Å². The molecule has 0 saturated carbocycles. The Hall–Kier alpha value is -3.28. The van der Waals surface area contributed by atoms with Crippen molar-refractivity contribution >= 4 is 5.91 Å². The number of carbonyl (C=O) groups is 1. The number of nitrogens with one attached hydrogen (secondary N) is 2. The summed E-state index contributed by atoms with van der Waals surface area (Å²) in [5, 5.41) is 2.86. The molecule has 0 spiro atoms. The molecule has 0 bridgehead atoms. The highest BCUT2D eigenvalue weighted by molar-refractivity contribution is 5.92. The van der Waals surface area contributed by atoms with E-state index in [1.54, 1.807) is 19.3 Å². The minimum atomic E-state index is -0.377. The van der Waals surface area contributed by atoms with Crippen LogP contribution in [0.25, 0.3) is 11.1 Å². The summed E-state index contributed by atoms with van der Waals surface area (Å²) >= 11 is 0. The maximum absolute atomic E-state index is 12.3. The Labute approximate surface area is 145 Å². The van der Waals surface area contributed by atoms with Crippen LogP contribution in [0.2, 0.25) is 0 Å². The van der Waals surface area contributed by atoms with Crippen LogP contribution >= 0.6 is 0 Å². The number of H-pyrrole nitrogens is 1. The quantitative estimate of drug-likeness (QED) is 0.768. The maximum Gasteiger partial charge on any atom is 0.270 e. The molecule has 0 unspecified atom stereocenters. The Morgan fingerprint density at radius 3 is 2.56 bits per heavy atom. The van der Waals surface area contributed by atoms with Crippen molar-refractivity contribution in [1.29, 1.82) is 0 Å². The van der Waals surface area contributed by atoms with Gasteiger partial charge in [0.2, 0.25) is 0 Å². The zero-order valence-electron chi connectivity index (χ0n) is 14.0. The molecule has 2 N–H and O–H groups in total. The van der Waals surface area contributed by atoms with Crippen LogP contribution in [0.4, 0.5) is 0 Å². The smallest absolute Gasteiger partial charge is 0.270 e. The number of hydrogen-bond donors (Lipinski definition) is 2. The van der Waals surface area contributed by atoms with E-state index >= 15 is 0 Å². The molecule has 6 nitrogen and oxygen atoms in total. The normalized spacial score (nSPS) is 11.8. The van der Waals surface area contributed by atoms with Gasteiger partial charge >= 0.3 is 0 Å². The van der Waals surface area contributed by atoms with E-state index in [0.717, 1.165) is 16.7 Å². The molecule has 3 rings (SSSR count). The van der Waals surface area contributed by atoms with Gasteiger partial charge in [-0.05, 0) is 36.6 Å². The molecule has 1 aromatic carbocycles. The predicted molar refractivity (Wildman–Crippen MR) is 95.1 cm³/mol. The number of aryl methyl sites for hydroxylation is 1. The topological polar surface area (TPSA) is 87.7 Å². The van der Waals surface area contributed by atoms with Crippen molar-refractivity contribution in [2.45, 2.75) is 19.9 Å². The molecule has 0 aliphatic heterocycles. The number of rotatable bonds is 4. The van der Waals surface area contributed by atoms with Gasteiger partial charge in [0.25, 0.3) is 11.5 Å². The summed E-state index contributed by atoms with van der Waals surface area (Å²) in [6, 6.07) is 12.8. The number of aromatic amines is 1. The Balaban J connectivity index is 1.73. The van der Waals surface area contributed by atoms with Crippen molar-refractivity contribution in [3.05, 3.63) is 82.3 Å². The Morgan fingerprint density at radius 1 is 1.16 bits per heavy atom. The molecular weight excluding hydrogens is 316 g/mol. The summed E-state index contributed by atoms with van der Waals surface area (Å²) in [5.74, 6) is 0.0316. The summed E-state index contributed by atoms with van der Waals surface area (Å²) in [7, 11) is 0. The standard InChI is InChI=1S/C19H18N4O2/c1-12(21-19(25)17-10-18(24)23-13(2)22-17)14-5-7-15(8-6-14)16-4-3-9-20-11-16/h3-12H,1-2H3,(H,21,25)(H,22,23,24)/t12-/m1/s1. The van der Waals surface area contributed by atoms with E-state index in [4.69, 9.17) is 0 Å². The number of benzene rings is 1. The van der Waals surface area contributed by atoms with Crippen LogP contribution in [0, 0.1) is 6.92 Å². The second-order valence-corrected chi connectivity index (χ2v) is 5.77. The highest BCUT2D eigenvalue weighted by Gasteiger charge is 2.14. The van der Waals surface area contributed by atoms with Gasteiger partial charge in [-0.15, -0.1) is 0 Å². The fourth-order valence-corrected chi connectivity index (χ4v) is 2.55. The molecule has 1 amide bonds. The van der Waals surface area contributed by atoms with Gasteiger partial charge in [0.15, 0.2) is 0 Å². The fourth-order valence-electron chi connectivity index (χ4n) is 2.55. The van der Waals surface area contributed by atoms with E-state index in [0.29, 0.717) is 5.82 Å². The average molecular weight is 334 g/mol. The number of amides is 1. The van der Waals surface area contributed by atoms with Gasteiger partial charge in [-0.1, -0.05) is 30.3 Å². The first-order valence-electron chi connectivity index (χ1n) is 7.92. The molecule has 0 aliphatic rings. The second-order valence-electron chi connectivity index (χ2n) is 5.77. The molecule has 0 radical (unpaired) electrons. The van der Waals surface area contributed by atoms with Gasteiger partial charge in [0.05, 0.1) is 6.04 Å². The first-order valence-corrected chi connectivity index (χ1v) is 7.92. The third-order valence-corrected chi connectivity index (χ3v) is 3.85. The van der Waals surface area contributed by atoms with Gasteiger partial charge in [-0.2, -0.15) is 0 Å². The minimum Gasteiger partial charge on any atom is -0.344 e. The lowest BCUT2D eigenvalue weighted by Crippen LogP contribution is -2.29. The third-order valence-electron chi connectivity index (χ3n) is 3.85. The van der Waals surface area contributed by atoms with Gasteiger partial charge in [0.1, 0.15) is 11.5 Å². The molecule has 0 aliphatic carbocycles. The van der Waals surface area contributed by atoms with Gasteiger partial charge in [0, 0.05) is 18.5 Å². The van der Waals surface area contributed by atoms with Crippen molar-refractivity contribution in [3.8, 4) is 11.1 Å².